The van der Waals surface area contributed by atoms with Crippen LogP contribution in [-0.4, -0.2) is 183 Å². The number of aromatic nitrogens is 8. The Kier molecular flexibility index (Phi) is 26.4. The van der Waals surface area contributed by atoms with Crippen molar-refractivity contribution < 1.29 is 57.8 Å². The standard InChI is InChI=1S/C71H90N24O13/c1-12-44(29-45(72-2)35-61(98)75-23-19-59(96)74-22-15-26-86(3)25-14-21-73-51-17-18-52(95(106)107)63-62(51)85-108-94(63)11)80-68(102)56-32-48(40-91(56)8)81-67(101)53-28-43(37-88(53)5)36-78-66(100)55-30-46(38-89(55)6)79-60(97)16-13-20-77-65(99)54-31-47(39-90(54)7)82-69(103)57-33-49(41-92(57)9)83-70(104)58-34-50(42-93(58)10)84-71(105)64-76-24-27-87(64)4/h12,17-18,24,27-34,37-42,63,72-73H,13-16,19-23,25-26,35-36H2,1-11H3,(H,74,96)(H,75,98)(H,77,99)(H,78,100)(H,79,97)(H,80,102)(H,81,101)(H,82,103)(H,83,104)(H,84,105)/b44-12+,45-29-. The lowest BCUT2D eigenvalue weighted by Gasteiger charge is -2.21. The van der Waals surface area contributed by atoms with Gasteiger partial charge < -0.3 is 101 Å². The first-order valence-corrected chi connectivity index (χ1v) is 34.5. The minimum absolute atomic E-state index is 0.0102. The van der Waals surface area contributed by atoms with Crippen LogP contribution in [0.4, 0.5) is 28.4 Å². The number of oxime groups is 1. The molecule has 12 N–H and O–H groups in total. The van der Waals surface area contributed by atoms with E-state index in [0.717, 1.165) is 19.5 Å². The van der Waals surface area contributed by atoms with Gasteiger partial charge in [0.2, 0.25) is 17.7 Å². The normalized spacial score (nSPS) is 13.4. The number of nitrogens with zero attached hydrogens (tertiary/aromatic N) is 12. The van der Waals surface area contributed by atoms with Crippen LogP contribution in [0.2, 0.25) is 0 Å². The third kappa shape index (κ3) is 20.7. The molecule has 9 rings (SSSR count). The van der Waals surface area contributed by atoms with Crippen molar-refractivity contribution in [3.8, 4) is 0 Å². The smallest absolute Gasteiger partial charge is 0.291 e. The third-order valence-corrected chi connectivity index (χ3v) is 17.5. The Morgan fingerprint density at radius 2 is 1.04 bits per heavy atom. The van der Waals surface area contributed by atoms with E-state index in [1.54, 1.807) is 165 Å². The Hall–Kier alpha value is -13.1. The van der Waals surface area contributed by atoms with Crippen LogP contribution in [0.1, 0.15) is 125 Å². The van der Waals surface area contributed by atoms with Gasteiger partial charge in [-0.15, -0.1) is 5.06 Å². The maximum Gasteiger partial charge on any atom is 0.291 e. The Morgan fingerprint density at radius 1 is 0.546 bits per heavy atom. The van der Waals surface area contributed by atoms with Gasteiger partial charge >= 0.3 is 0 Å². The van der Waals surface area contributed by atoms with Crippen LogP contribution >= 0.6 is 0 Å². The maximum atomic E-state index is 13.6. The Balaban J connectivity index is 0.636. The van der Waals surface area contributed by atoms with Crippen molar-refractivity contribution in [3.63, 3.8) is 0 Å². The predicted octanol–water partition coefficient (Wildman–Crippen LogP) is 3.25. The summed E-state index contributed by atoms with van der Waals surface area (Å²) >= 11 is 0. The fourth-order valence-corrected chi connectivity index (χ4v) is 11.9. The van der Waals surface area contributed by atoms with E-state index >= 15 is 0 Å². The van der Waals surface area contributed by atoms with Crippen LogP contribution in [0.25, 0.3) is 0 Å². The average Bonchev–Trinajstić information content (AvgIpc) is 1.61. The highest BCUT2D eigenvalue weighted by Gasteiger charge is 2.43. The number of hydrogen-bond acceptors (Lipinski definition) is 19. The van der Waals surface area contributed by atoms with Crippen molar-refractivity contribution in [2.24, 2.45) is 54.5 Å². The average molecular weight is 1490 g/mol. The molecule has 0 saturated carbocycles. The molecule has 0 radical (unpaired) electrons. The molecule has 7 aromatic heterocycles. The molecule has 0 aromatic carbocycles. The van der Waals surface area contributed by atoms with Crippen LogP contribution < -0.4 is 63.8 Å². The molecule has 572 valence electrons. The predicted molar refractivity (Wildman–Crippen MR) is 400 cm³/mol. The van der Waals surface area contributed by atoms with Gasteiger partial charge in [-0.2, -0.15) is 0 Å². The second-order valence-electron chi connectivity index (χ2n) is 25.9. The van der Waals surface area contributed by atoms with Crippen molar-refractivity contribution in [2.75, 3.05) is 87.0 Å². The van der Waals surface area contributed by atoms with E-state index in [4.69, 9.17) is 4.94 Å². The molecule has 10 amide bonds. The monoisotopic (exact) mass is 1490 g/mol. The largest absolute Gasteiger partial charge is 0.391 e. The molecule has 108 heavy (non-hydrogen) atoms. The molecule has 1 unspecified atom stereocenters. The summed E-state index contributed by atoms with van der Waals surface area (Å²) in [7, 11) is 16.8. The second kappa shape index (κ2) is 36.1. The molecule has 1 atom stereocenters. The van der Waals surface area contributed by atoms with E-state index in [2.05, 4.69) is 78.8 Å². The zero-order valence-corrected chi connectivity index (χ0v) is 61.8. The van der Waals surface area contributed by atoms with Gasteiger partial charge in [-0.25, -0.2) is 4.98 Å². The first-order chi connectivity index (χ1) is 51.6. The minimum atomic E-state index is -0.681. The number of likely N-dealkylation sites (N-methyl/N-ethyl adjacent to an activating group) is 1. The number of hydroxylamine groups is 2. The number of carbonyl (C=O) groups excluding carboxylic acids is 10. The summed E-state index contributed by atoms with van der Waals surface area (Å²) in [4.78, 5) is 154. The van der Waals surface area contributed by atoms with E-state index in [1.165, 1.54) is 52.2 Å². The summed E-state index contributed by atoms with van der Waals surface area (Å²) in [5, 5.41) is 51.2. The molecule has 0 bridgehead atoms. The molecule has 1 aliphatic heterocycles. The molecule has 0 fully saturated rings. The lowest BCUT2D eigenvalue weighted by molar-refractivity contribution is -0.433. The van der Waals surface area contributed by atoms with Crippen molar-refractivity contribution in [1.29, 1.82) is 0 Å². The highest BCUT2D eigenvalue weighted by atomic mass is 16.8. The number of allylic oxidation sites excluding steroid dienone is 4. The van der Waals surface area contributed by atoms with E-state index in [1.807, 2.05) is 7.05 Å². The van der Waals surface area contributed by atoms with Crippen molar-refractivity contribution in [1.82, 2.24) is 84.1 Å². The molecule has 0 spiro atoms. The molecule has 8 heterocycles. The number of aryl methyl sites for hydroxylation is 7. The van der Waals surface area contributed by atoms with Crippen LogP contribution in [0, 0.1) is 10.1 Å². The van der Waals surface area contributed by atoms with Crippen molar-refractivity contribution in [2.45, 2.75) is 58.0 Å². The molecule has 2 aliphatic rings. The van der Waals surface area contributed by atoms with E-state index in [-0.39, 0.29) is 109 Å². The first kappa shape index (κ1) is 79.1. The van der Waals surface area contributed by atoms with Gasteiger partial charge in [0.25, 0.3) is 47.0 Å². The fourth-order valence-electron chi connectivity index (χ4n) is 11.9. The minimum Gasteiger partial charge on any atom is -0.391 e. The lowest BCUT2D eigenvalue weighted by atomic mass is 10.00. The number of nitrogens with one attached hydrogen (secondary N) is 12. The van der Waals surface area contributed by atoms with Crippen LogP contribution in [0.15, 0.2) is 138 Å². The molecule has 37 heteroatoms. The number of rotatable bonds is 36. The number of fused-ring (bicyclic) bond motifs is 1. The maximum absolute atomic E-state index is 13.6. The fraction of sp³-hybridized carbons (Fsp3) is 0.352. The van der Waals surface area contributed by atoms with Gasteiger partial charge in [0, 0.05) is 176 Å². The number of nitro groups is 1. The Bertz CT molecular complexity index is 4750. The van der Waals surface area contributed by atoms with Gasteiger partial charge in [-0.1, -0.05) is 11.2 Å². The summed E-state index contributed by atoms with van der Waals surface area (Å²) in [6.45, 7) is 4.61. The number of imidazole rings is 1. The zero-order valence-electron chi connectivity index (χ0n) is 61.8. The van der Waals surface area contributed by atoms with Gasteiger partial charge in [0.05, 0.1) is 45.5 Å². The molecule has 37 nitrogen and oxygen atoms in total. The summed E-state index contributed by atoms with van der Waals surface area (Å²) in [6, 6.07) is 8.51. The van der Waals surface area contributed by atoms with E-state index < -0.39 is 52.3 Å². The van der Waals surface area contributed by atoms with Gasteiger partial charge in [-0.05, 0) is 100 Å². The Morgan fingerprint density at radius 3 is 1.57 bits per heavy atom. The topological polar surface area (TPSA) is 434 Å². The van der Waals surface area contributed by atoms with Gasteiger partial charge in [0.1, 0.15) is 39.9 Å². The lowest BCUT2D eigenvalue weighted by Crippen LogP contribution is -2.41. The second-order valence-corrected chi connectivity index (χ2v) is 25.9. The van der Waals surface area contributed by atoms with E-state index in [9.17, 15) is 58.1 Å². The third-order valence-electron chi connectivity index (χ3n) is 17.5. The number of carbonyl (C=O) groups is 10. The SMILES string of the molecule is C/C=C(\C=C(\CC(=O)NCCC(=O)NCCCN(C)CCCNC1=CC=C([N+](=O)[O-])C2C1=NON2C)NC)NC(=O)c1cc(NC(=O)c2cc(CNC(=O)c3cc(NC(=O)CCCNC(=O)c4cc(NC(=O)c5cc(NC(=O)c6cc(NC(=O)c7nccn7C)cn6C)cn5C)cn4C)cn3C)cn2C)cn1C. The van der Waals surface area contributed by atoms with Crippen molar-refractivity contribution in [3.05, 3.63) is 189 Å². The molecule has 0 saturated heterocycles. The molecule has 7 aromatic rings. The first-order valence-electron chi connectivity index (χ1n) is 34.5. The summed E-state index contributed by atoms with van der Waals surface area (Å²) in [5.41, 5.74) is 5.82. The number of anilines is 5. The summed E-state index contributed by atoms with van der Waals surface area (Å²) in [6.07, 6.45) is 20.9. The molecular weight excluding hydrogens is 1400 g/mol. The highest BCUT2D eigenvalue weighted by Crippen LogP contribution is 2.27. The summed E-state index contributed by atoms with van der Waals surface area (Å²) in [5.74, 6) is -3.99. The van der Waals surface area contributed by atoms with Crippen LogP contribution in [0.3, 0.4) is 0 Å². The molecular formula is C71H90N24O13. The quantitative estimate of drug-likeness (QED) is 0.0116. The number of amides is 10. The van der Waals surface area contributed by atoms with Crippen LogP contribution in [0.5, 0.6) is 0 Å². The summed E-state index contributed by atoms with van der Waals surface area (Å²) < 4.78 is 10.9. The van der Waals surface area contributed by atoms with E-state index in [0.29, 0.717) is 76.3 Å². The number of hydrogen-bond donors (Lipinski definition) is 12. The molecule has 1 aliphatic carbocycles. The van der Waals surface area contributed by atoms with Crippen LogP contribution in [-0.2, 0) is 75.2 Å². The van der Waals surface area contributed by atoms with Gasteiger partial charge in [0.15, 0.2) is 11.9 Å². The highest BCUT2D eigenvalue weighted by molar-refractivity contribution is 6.09. The van der Waals surface area contributed by atoms with Gasteiger partial charge in [-0.3, -0.25) is 63.0 Å². The zero-order chi connectivity index (χ0) is 78.0. The Labute approximate surface area is 621 Å². The van der Waals surface area contributed by atoms with Crippen molar-refractivity contribution >= 4 is 93.2 Å².